The summed E-state index contributed by atoms with van der Waals surface area (Å²) >= 11 is 0. The van der Waals surface area contributed by atoms with E-state index in [1.54, 1.807) is 18.2 Å². The summed E-state index contributed by atoms with van der Waals surface area (Å²) in [6.45, 7) is 4.80. The van der Waals surface area contributed by atoms with Gasteiger partial charge in [-0.25, -0.2) is 0 Å². The average Bonchev–Trinajstić information content (AvgIpc) is 2.27. The molecule has 0 radical (unpaired) electrons. The normalized spacial score (nSPS) is 13.2. The van der Waals surface area contributed by atoms with Crippen LogP contribution in [0.5, 0.6) is 11.5 Å². The molecule has 84 valence electrons. The van der Waals surface area contributed by atoms with Crippen LogP contribution in [0.2, 0.25) is 0 Å². The molecule has 0 aromatic heterocycles. The molecular weight excluding hydrogens is 208 g/mol. The largest absolute Gasteiger partial charge is 0.486 e. The van der Waals surface area contributed by atoms with E-state index >= 15 is 0 Å². The highest BCUT2D eigenvalue weighted by atomic mass is 16.6. The first-order valence-corrected chi connectivity index (χ1v) is 4.96. The van der Waals surface area contributed by atoms with Crippen molar-refractivity contribution in [3.8, 4) is 11.5 Å². The summed E-state index contributed by atoms with van der Waals surface area (Å²) in [5, 5.41) is 8.67. The second-order valence-corrected chi connectivity index (χ2v) is 3.53. The van der Waals surface area contributed by atoms with Crippen molar-refractivity contribution in [1.82, 2.24) is 0 Å². The first-order chi connectivity index (χ1) is 7.66. The van der Waals surface area contributed by atoms with Gasteiger partial charge in [0.1, 0.15) is 13.2 Å². The lowest BCUT2D eigenvalue weighted by atomic mass is 10.0. The monoisotopic (exact) mass is 220 g/mol. The zero-order valence-electron chi connectivity index (χ0n) is 8.73. The average molecular weight is 220 g/mol. The zero-order chi connectivity index (χ0) is 11.5. The van der Waals surface area contributed by atoms with Crippen LogP contribution in [0, 0.1) is 0 Å². The fourth-order valence-electron chi connectivity index (χ4n) is 1.55. The molecule has 0 fully saturated rings. The molecule has 16 heavy (non-hydrogen) atoms. The number of ether oxygens (including phenoxy) is 2. The number of carbonyl (C=O) groups is 1. The Morgan fingerprint density at radius 1 is 1.31 bits per heavy atom. The van der Waals surface area contributed by atoms with Crippen LogP contribution >= 0.6 is 0 Å². The lowest BCUT2D eigenvalue weighted by molar-refractivity contribution is -0.135. The zero-order valence-corrected chi connectivity index (χ0v) is 8.73. The lowest BCUT2D eigenvalue weighted by Crippen LogP contribution is -2.15. The standard InChI is InChI=1S/C12H12O4/c1-8(6-12(13)14)9-2-3-10-11(7-9)16-5-4-15-10/h2-3,7H,1,4-6H2,(H,13,14). The van der Waals surface area contributed by atoms with Crippen LogP contribution in [0.15, 0.2) is 24.8 Å². The predicted octanol–water partition coefficient (Wildman–Crippen LogP) is 1.95. The van der Waals surface area contributed by atoms with E-state index in [0.29, 0.717) is 30.3 Å². The van der Waals surface area contributed by atoms with Gasteiger partial charge in [-0.15, -0.1) is 0 Å². The molecule has 4 heteroatoms. The van der Waals surface area contributed by atoms with Gasteiger partial charge in [-0.1, -0.05) is 12.6 Å². The Labute approximate surface area is 93.1 Å². The van der Waals surface area contributed by atoms with E-state index in [4.69, 9.17) is 14.6 Å². The number of benzene rings is 1. The maximum absolute atomic E-state index is 10.6. The highest BCUT2D eigenvalue weighted by molar-refractivity contribution is 5.83. The van der Waals surface area contributed by atoms with E-state index in [1.807, 2.05) is 0 Å². The van der Waals surface area contributed by atoms with E-state index in [1.165, 1.54) is 0 Å². The number of rotatable bonds is 3. The summed E-state index contributed by atoms with van der Waals surface area (Å²) < 4.78 is 10.8. The van der Waals surface area contributed by atoms with Crippen LogP contribution in [-0.2, 0) is 4.79 Å². The second kappa shape index (κ2) is 4.26. The van der Waals surface area contributed by atoms with Gasteiger partial charge in [-0.2, -0.15) is 0 Å². The summed E-state index contributed by atoms with van der Waals surface area (Å²) in [7, 11) is 0. The third kappa shape index (κ3) is 2.16. The van der Waals surface area contributed by atoms with Gasteiger partial charge in [0.2, 0.25) is 0 Å². The third-order valence-electron chi connectivity index (χ3n) is 2.32. The van der Waals surface area contributed by atoms with Crippen LogP contribution in [0.25, 0.3) is 5.57 Å². The molecule has 0 bridgehead atoms. The third-order valence-corrected chi connectivity index (χ3v) is 2.32. The molecule has 1 aromatic rings. The fraction of sp³-hybridized carbons (Fsp3) is 0.250. The fourth-order valence-corrected chi connectivity index (χ4v) is 1.55. The first kappa shape index (κ1) is 10.5. The van der Waals surface area contributed by atoms with Gasteiger partial charge in [-0.05, 0) is 23.3 Å². The molecule has 1 heterocycles. The number of aliphatic carboxylic acids is 1. The van der Waals surface area contributed by atoms with Gasteiger partial charge < -0.3 is 14.6 Å². The molecule has 0 aliphatic carbocycles. The van der Waals surface area contributed by atoms with Gasteiger partial charge in [0.25, 0.3) is 0 Å². The van der Waals surface area contributed by atoms with Crippen molar-refractivity contribution in [2.45, 2.75) is 6.42 Å². The van der Waals surface area contributed by atoms with E-state index in [9.17, 15) is 4.79 Å². The number of fused-ring (bicyclic) bond motifs is 1. The quantitative estimate of drug-likeness (QED) is 0.845. The molecule has 1 N–H and O–H groups in total. The van der Waals surface area contributed by atoms with Crippen LogP contribution in [0.1, 0.15) is 12.0 Å². The topological polar surface area (TPSA) is 55.8 Å². The molecular formula is C12H12O4. The van der Waals surface area contributed by atoms with Crippen molar-refractivity contribution in [3.63, 3.8) is 0 Å². The summed E-state index contributed by atoms with van der Waals surface area (Å²) in [4.78, 5) is 10.6. The van der Waals surface area contributed by atoms with E-state index < -0.39 is 5.97 Å². The minimum atomic E-state index is -0.889. The molecule has 0 unspecified atom stereocenters. The Hall–Kier alpha value is -1.97. The Morgan fingerprint density at radius 3 is 2.69 bits per heavy atom. The number of carboxylic acids is 1. The summed E-state index contributed by atoms with van der Waals surface area (Å²) in [5.74, 6) is 0.452. The van der Waals surface area contributed by atoms with Gasteiger partial charge in [0.15, 0.2) is 11.5 Å². The highest BCUT2D eigenvalue weighted by Gasteiger charge is 2.13. The van der Waals surface area contributed by atoms with Gasteiger partial charge >= 0.3 is 5.97 Å². The number of carboxylic acid groups (broad SMARTS) is 1. The minimum Gasteiger partial charge on any atom is -0.486 e. The first-order valence-electron chi connectivity index (χ1n) is 4.96. The molecule has 0 saturated carbocycles. The second-order valence-electron chi connectivity index (χ2n) is 3.53. The Morgan fingerprint density at radius 2 is 2.00 bits per heavy atom. The van der Waals surface area contributed by atoms with Crippen molar-refractivity contribution in [2.24, 2.45) is 0 Å². The van der Waals surface area contributed by atoms with Crippen molar-refractivity contribution >= 4 is 11.5 Å². The van der Waals surface area contributed by atoms with E-state index in [-0.39, 0.29) is 6.42 Å². The van der Waals surface area contributed by atoms with Crippen LogP contribution in [0.3, 0.4) is 0 Å². The minimum absolute atomic E-state index is 0.0698. The summed E-state index contributed by atoms with van der Waals surface area (Å²) in [5.41, 5.74) is 1.33. The van der Waals surface area contributed by atoms with Crippen LogP contribution < -0.4 is 9.47 Å². The maximum atomic E-state index is 10.6. The van der Waals surface area contributed by atoms with Crippen molar-refractivity contribution in [3.05, 3.63) is 30.3 Å². The molecule has 4 nitrogen and oxygen atoms in total. The molecule has 0 amide bonds. The molecule has 1 aliphatic heterocycles. The van der Waals surface area contributed by atoms with E-state index in [2.05, 4.69) is 6.58 Å². The van der Waals surface area contributed by atoms with Gasteiger partial charge in [-0.3, -0.25) is 4.79 Å². The maximum Gasteiger partial charge on any atom is 0.307 e. The molecule has 2 rings (SSSR count). The van der Waals surface area contributed by atoms with Crippen LogP contribution in [0.4, 0.5) is 0 Å². The SMILES string of the molecule is C=C(CC(=O)O)c1ccc2c(c1)OCCO2. The molecule has 1 aromatic carbocycles. The van der Waals surface area contributed by atoms with Crippen molar-refractivity contribution in [2.75, 3.05) is 13.2 Å². The molecule has 0 atom stereocenters. The number of hydrogen-bond donors (Lipinski definition) is 1. The number of hydrogen-bond acceptors (Lipinski definition) is 3. The Kier molecular flexibility index (Phi) is 2.81. The summed E-state index contributed by atoms with van der Waals surface area (Å²) in [6.07, 6.45) is -0.0698. The molecule has 0 saturated heterocycles. The van der Waals surface area contributed by atoms with Gasteiger partial charge in [0.05, 0.1) is 6.42 Å². The Bertz CT molecular complexity index is 437. The van der Waals surface area contributed by atoms with Crippen LogP contribution in [-0.4, -0.2) is 24.3 Å². The van der Waals surface area contributed by atoms with E-state index in [0.717, 1.165) is 5.56 Å². The van der Waals surface area contributed by atoms with Crippen molar-refractivity contribution in [1.29, 1.82) is 0 Å². The molecule has 1 aliphatic rings. The smallest absolute Gasteiger partial charge is 0.307 e. The van der Waals surface area contributed by atoms with Crippen molar-refractivity contribution < 1.29 is 19.4 Å². The predicted molar refractivity (Wildman–Crippen MR) is 58.7 cm³/mol. The lowest BCUT2D eigenvalue weighted by Gasteiger charge is -2.19. The Balaban J connectivity index is 2.23. The van der Waals surface area contributed by atoms with Gasteiger partial charge in [0, 0.05) is 0 Å². The summed E-state index contributed by atoms with van der Waals surface area (Å²) in [6, 6.07) is 5.33. The highest BCUT2D eigenvalue weighted by Crippen LogP contribution is 2.33. The molecule has 0 spiro atoms.